The number of nitrogens with zero attached hydrogens (tertiary/aromatic N) is 4. The highest BCUT2D eigenvalue weighted by Gasteiger charge is 2.21. The van der Waals surface area contributed by atoms with Gasteiger partial charge in [-0.05, 0) is 32.4 Å². The molecule has 4 rings (SSSR count). The van der Waals surface area contributed by atoms with Crippen molar-refractivity contribution in [2.45, 2.75) is 25.4 Å². The molecule has 1 saturated heterocycles. The predicted molar refractivity (Wildman–Crippen MR) is 119 cm³/mol. The Hall–Kier alpha value is -3.00. The van der Waals surface area contributed by atoms with Crippen LogP contribution in [-0.2, 0) is 4.79 Å². The van der Waals surface area contributed by atoms with Crippen LogP contribution in [0.4, 0.5) is 11.5 Å². The third-order valence-electron chi connectivity index (χ3n) is 5.40. The van der Waals surface area contributed by atoms with E-state index in [0.29, 0.717) is 18.0 Å². The highest BCUT2D eigenvalue weighted by Crippen LogP contribution is 2.25. The van der Waals surface area contributed by atoms with Gasteiger partial charge < -0.3 is 19.9 Å². The summed E-state index contributed by atoms with van der Waals surface area (Å²) in [4.78, 5) is 23.5. The molecule has 2 heterocycles. The number of piperazine rings is 1. The van der Waals surface area contributed by atoms with Gasteiger partial charge in [0.1, 0.15) is 24.0 Å². The molecule has 2 aromatic rings. The van der Waals surface area contributed by atoms with E-state index in [9.17, 15) is 4.79 Å². The van der Waals surface area contributed by atoms with Gasteiger partial charge in [-0.25, -0.2) is 9.97 Å². The van der Waals surface area contributed by atoms with Gasteiger partial charge in [0.25, 0.3) is 0 Å². The standard InChI is InChI=1S/C13H20N4O.C9H10N2O/c1-16-5-7-17(8-6-16)12-9-13(15-10-14-12)18-11-3-2-4-11;1-11-9-5-3-2-4-7(9)8(10)6-12/h9-11H,2-8H2,1H3;2-6,10-11H,1H3. The molecule has 0 spiro atoms. The summed E-state index contributed by atoms with van der Waals surface area (Å²) in [7, 11) is 3.92. The van der Waals surface area contributed by atoms with E-state index >= 15 is 0 Å². The molecule has 0 amide bonds. The molecule has 160 valence electrons. The third kappa shape index (κ3) is 5.76. The summed E-state index contributed by atoms with van der Waals surface area (Å²) in [6, 6.07) is 9.20. The van der Waals surface area contributed by atoms with Crippen LogP contribution in [0, 0.1) is 5.41 Å². The van der Waals surface area contributed by atoms with Gasteiger partial charge in [-0.2, -0.15) is 0 Å². The Morgan fingerprint density at radius 3 is 2.57 bits per heavy atom. The molecule has 0 bridgehead atoms. The number of ether oxygens (including phenoxy) is 1. The van der Waals surface area contributed by atoms with Crippen LogP contribution in [0.5, 0.6) is 5.88 Å². The number of anilines is 2. The molecule has 30 heavy (non-hydrogen) atoms. The van der Waals surface area contributed by atoms with Crippen molar-refractivity contribution >= 4 is 23.5 Å². The van der Waals surface area contributed by atoms with Gasteiger partial charge in [-0.1, -0.05) is 18.2 Å². The maximum absolute atomic E-state index is 10.3. The molecular weight excluding hydrogens is 380 g/mol. The number of carbonyl (C=O) groups is 1. The van der Waals surface area contributed by atoms with Gasteiger partial charge in [0, 0.05) is 50.5 Å². The van der Waals surface area contributed by atoms with Crippen molar-refractivity contribution in [1.82, 2.24) is 14.9 Å². The number of carbonyl (C=O) groups excluding carboxylic acids is 1. The van der Waals surface area contributed by atoms with E-state index in [-0.39, 0.29) is 5.71 Å². The van der Waals surface area contributed by atoms with Gasteiger partial charge in [0.05, 0.1) is 0 Å². The second-order valence-electron chi connectivity index (χ2n) is 7.50. The van der Waals surface area contributed by atoms with Crippen LogP contribution in [-0.4, -0.2) is 73.2 Å². The second kappa shape index (κ2) is 10.7. The zero-order valence-corrected chi connectivity index (χ0v) is 17.7. The first-order valence-corrected chi connectivity index (χ1v) is 10.3. The number of para-hydroxylation sites is 1. The lowest BCUT2D eigenvalue weighted by atomic mass is 9.96. The van der Waals surface area contributed by atoms with E-state index < -0.39 is 0 Å². The molecule has 0 atom stereocenters. The van der Waals surface area contributed by atoms with E-state index in [1.54, 1.807) is 25.5 Å². The lowest BCUT2D eigenvalue weighted by molar-refractivity contribution is -0.102. The number of likely N-dealkylation sites (N-methyl/N-ethyl adjacent to an activating group) is 1. The Morgan fingerprint density at radius 1 is 1.20 bits per heavy atom. The molecule has 2 N–H and O–H groups in total. The van der Waals surface area contributed by atoms with E-state index in [4.69, 9.17) is 10.1 Å². The number of nitrogens with one attached hydrogen (secondary N) is 2. The number of hydrogen-bond acceptors (Lipinski definition) is 8. The lowest BCUT2D eigenvalue weighted by Crippen LogP contribution is -2.44. The number of benzene rings is 1. The summed E-state index contributed by atoms with van der Waals surface area (Å²) in [6.07, 6.45) is 6.13. The molecule has 2 aliphatic rings. The molecule has 8 nitrogen and oxygen atoms in total. The molecule has 0 unspecified atom stereocenters. The Balaban J connectivity index is 0.000000187. The van der Waals surface area contributed by atoms with Crippen LogP contribution in [0.15, 0.2) is 36.7 Å². The van der Waals surface area contributed by atoms with Crippen molar-refractivity contribution < 1.29 is 9.53 Å². The molecule has 1 saturated carbocycles. The fourth-order valence-corrected chi connectivity index (χ4v) is 3.26. The van der Waals surface area contributed by atoms with E-state index in [1.807, 2.05) is 18.2 Å². The first kappa shape index (κ1) is 21.7. The van der Waals surface area contributed by atoms with Crippen LogP contribution < -0.4 is 15.0 Å². The average Bonchev–Trinajstić information content (AvgIpc) is 2.77. The van der Waals surface area contributed by atoms with Crippen molar-refractivity contribution in [3.8, 4) is 5.88 Å². The quantitative estimate of drug-likeness (QED) is 0.558. The molecule has 2 fully saturated rings. The summed E-state index contributed by atoms with van der Waals surface area (Å²) < 4.78 is 5.81. The fraction of sp³-hybridized carbons (Fsp3) is 0.455. The Labute approximate surface area is 177 Å². The monoisotopic (exact) mass is 410 g/mol. The van der Waals surface area contributed by atoms with Crippen molar-refractivity contribution in [2.75, 3.05) is 50.5 Å². The molecule has 1 aliphatic carbocycles. The summed E-state index contributed by atoms with van der Waals surface area (Å²) in [6.45, 7) is 4.22. The second-order valence-corrected chi connectivity index (χ2v) is 7.50. The molecule has 0 radical (unpaired) electrons. The van der Waals surface area contributed by atoms with Crippen LogP contribution in [0.1, 0.15) is 24.8 Å². The topological polar surface area (TPSA) is 94.4 Å². The molecule has 1 aromatic carbocycles. The SMILES string of the molecule is CN1CCN(c2cc(OC3CCC3)ncn2)CC1.CNc1ccccc1C(=N)C=O. The van der Waals surface area contributed by atoms with Crippen molar-refractivity contribution in [3.05, 3.63) is 42.2 Å². The summed E-state index contributed by atoms with van der Waals surface area (Å²) in [5, 5.41) is 10.2. The number of rotatable bonds is 6. The predicted octanol–water partition coefficient (Wildman–Crippen LogP) is 2.45. The fourth-order valence-electron chi connectivity index (χ4n) is 3.26. The maximum Gasteiger partial charge on any atom is 0.218 e. The minimum atomic E-state index is -0.0000463. The molecule has 1 aliphatic heterocycles. The van der Waals surface area contributed by atoms with Crippen LogP contribution in [0.3, 0.4) is 0 Å². The van der Waals surface area contributed by atoms with Gasteiger partial charge >= 0.3 is 0 Å². The minimum Gasteiger partial charge on any atom is -0.474 e. The van der Waals surface area contributed by atoms with Crippen molar-refractivity contribution in [1.29, 1.82) is 5.41 Å². The van der Waals surface area contributed by atoms with Gasteiger partial charge in [-0.15, -0.1) is 0 Å². The number of aromatic nitrogens is 2. The highest BCUT2D eigenvalue weighted by atomic mass is 16.5. The number of hydrogen-bond donors (Lipinski definition) is 2. The smallest absolute Gasteiger partial charge is 0.218 e. The Bertz CT molecular complexity index is 847. The van der Waals surface area contributed by atoms with E-state index in [2.05, 4.69) is 32.1 Å². The third-order valence-corrected chi connectivity index (χ3v) is 5.40. The highest BCUT2D eigenvalue weighted by molar-refractivity contribution is 6.36. The minimum absolute atomic E-state index is 0.0000463. The largest absolute Gasteiger partial charge is 0.474 e. The van der Waals surface area contributed by atoms with E-state index in [1.165, 1.54) is 6.42 Å². The summed E-state index contributed by atoms with van der Waals surface area (Å²) in [5.74, 6) is 1.72. The molecular formula is C22H30N6O2. The van der Waals surface area contributed by atoms with Crippen molar-refractivity contribution in [3.63, 3.8) is 0 Å². The number of aldehydes is 1. The Morgan fingerprint density at radius 2 is 1.93 bits per heavy atom. The lowest BCUT2D eigenvalue weighted by Gasteiger charge is -2.33. The van der Waals surface area contributed by atoms with Gasteiger partial charge in [-0.3, -0.25) is 10.2 Å². The van der Waals surface area contributed by atoms with E-state index in [0.717, 1.165) is 56.4 Å². The van der Waals surface area contributed by atoms with Crippen LogP contribution in [0.2, 0.25) is 0 Å². The Kier molecular flexibility index (Phi) is 7.73. The zero-order chi connectivity index (χ0) is 21.3. The first-order chi connectivity index (χ1) is 14.6. The van der Waals surface area contributed by atoms with Crippen LogP contribution in [0.25, 0.3) is 0 Å². The molecule has 8 heteroatoms. The molecule has 1 aromatic heterocycles. The van der Waals surface area contributed by atoms with Crippen LogP contribution >= 0.6 is 0 Å². The van der Waals surface area contributed by atoms with Crippen molar-refractivity contribution in [2.24, 2.45) is 0 Å². The maximum atomic E-state index is 10.3. The normalized spacial score (nSPS) is 16.7. The summed E-state index contributed by atoms with van der Waals surface area (Å²) in [5.41, 5.74) is 1.43. The summed E-state index contributed by atoms with van der Waals surface area (Å²) >= 11 is 0. The zero-order valence-electron chi connectivity index (χ0n) is 17.7. The average molecular weight is 411 g/mol. The van der Waals surface area contributed by atoms with Gasteiger partial charge in [0.2, 0.25) is 5.88 Å². The van der Waals surface area contributed by atoms with Gasteiger partial charge in [0.15, 0.2) is 6.29 Å². The first-order valence-electron chi connectivity index (χ1n) is 10.3.